The van der Waals surface area contributed by atoms with Crippen molar-refractivity contribution in [3.05, 3.63) is 46.3 Å². The van der Waals surface area contributed by atoms with E-state index in [0.29, 0.717) is 0 Å². The van der Waals surface area contributed by atoms with Gasteiger partial charge in [0.2, 0.25) is 0 Å². The molecule has 88 valence electrons. The van der Waals surface area contributed by atoms with Crippen molar-refractivity contribution in [1.29, 1.82) is 0 Å². The molecule has 0 radical (unpaired) electrons. The first-order chi connectivity index (χ1) is 8.14. The summed E-state index contributed by atoms with van der Waals surface area (Å²) in [5, 5.41) is 0. The van der Waals surface area contributed by atoms with Crippen LogP contribution in [0.15, 0.2) is 34.9 Å². The Morgan fingerprint density at radius 1 is 1.35 bits per heavy atom. The van der Waals surface area contributed by atoms with Crippen molar-refractivity contribution < 1.29 is 12.6 Å². The van der Waals surface area contributed by atoms with Gasteiger partial charge >= 0.3 is 10.3 Å². The second kappa shape index (κ2) is 6.55. The van der Waals surface area contributed by atoms with Crippen LogP contribution in [0.3, 0.4) is 0 Å². The van der Waals surface area contributed by atoms with Gasteiger partial charge in [-0.25, -0.2) is 0 Å². The minimum absolute atomic E-state index is 0.138. The highest BCUT2D eigenvalue weighted by molar-refractivity contribution is 7.85. The van der Waals surface area contributed by atoms with Crippen LogP contribution in [0, 0.1) is 11.8 Å². The molecule has 6 nitrogen and oxygen atoms in total. The smallest absolute Gasteiger partial charge is 0.263 e. The zero-order valence-electron chi connectivity index (χ0n) is 8.78. The fraction of sp³-hybridized carbons (Fsp3) is 0.200. The summed E-state index contributed by atoms with van der Waals surface area (Å²) >= 11 is 0. The monoisotopic (exact) mass is 251 g/mol. The van der Waals surface area contributed by atoms with E-state index in [-0.39, 0.29) is 13.0 Å². The van der Waals surface area contributed by atoms with Crippen LogP contribution in [0.5, 0.6) is 0 Å². The summed E-state index contributed by atoms with van der Waals surface area (Å²) in [6.45, 7) is -0.138. The SMILES string of the molecule is [N-]=[N+]=NS(=O)(=O)OCCC#Cc1ccccc1. The third kappa shape index (κ3) is 5.58. The predicted octanol–water partition coefficient (Wildman–Crippen LogP) is 2.00. The van der Waals surface area contributed by atoms with Gasteiger partial charge in [0, 0.05) is 16.9 Å². The number of nitrogens with zero attached hydrogens (tertiary/aromatic N) is 3. The van der Waals surface area contributed by atoms with Crippen molar-refractivity contribution in [2.75, 3.05) is 6.61 Å². The summed E-state index contributed by atoms with van der Waals surface area (Å²) in [6.07, 6.45) is 0.231. The highest BCUT2D eigenvalue weighted by atomic mass is 32.2. The second-order valence-electron chi connectivity index (χ2n) is 2.84. The summed E-state index contributed by atoms with van der Waals surface area (Å²) in [6, 6.07) is 9.26. The van der Waals surface area contributed by atoms with E-state index in [1.54, 1.807) is 0 Å². The van der Waals surface area contributed by atoms with Crippen molar-refractivity contribution in [2.24, 2.45) is 4.52 Å². The van der Waals surface area contributed by atoms with Crippen LogP contribution in [0.25, 0.3) is 10.4 Å². The van der Waals surface area contributed by atoms with Crippen molar-refractivity contribution in [3.8, 4) is 11.8 Å². The summed E-state index contributed by atoms with van der Waals surface area (Å²) in [5.74, 6) is 5.58. The quantitative estimate of drug-likeness (QED) is 0.269. The van der Waals surface area contributed by atoms with Gasteiger partial charge in [0.25, 0.3) is 0 Å². The molecule has 0 aromatic heterocycles. The highest BCUT2D eigenvalue weighted by Gasteiger charge is 2.05. The maximum absolute atomic E-state index is 10.8. The molecule has 17 heavy (non-hydrogen) atoms. The van der Waals surface area contributed by atoms with Crippen molar-refractivity contribution >= 4 is 10.3 Å². The van der Waals surface area contributed by atoms with Crippen LogP contribution in [-0.4, -0.2) is 15.0 Å². The number of azide groups is 1. The average molecular weight is 251 g/mol. The normalized spacial score (nSPS) is 9.88. The summed E-state index contributed by atoms with van der Waals surface area (Å²) < 4.78 is 28.4. The zero-order valence-corrected chi connectivity index (χ0v) is 9.59. The number of benzene rings is 1. The Morgan fingerprint density at radius 3 is 2.71 bits per heavy atom. The Hall–Kier alpha value is -2.00. The first kappa shape index (κ1) is 13.1. The van der Waals surface area contributed by atoms with Gasteiger partial charge in [-0.15, -0.1) is 0 Å². The van der Waals surface area contributed by atoms with E-state index in [2.05, 4.69) is 25.5 Å². The average Bonchev–Trinajstić information content (AvgIpc) is 2.30. The first-order valence-corrected chi connectivity index (χ1v) is 6.00. The van der Waals surface area contributed by atoms with Gasteiger partial charge in [0.05, 0.1) is 11.1 Å². The van der Waals surface area contributed by atoms with Gasteiger partial charge < -0.3 is 0 Å². The van der Waals surface area contributed by atoms with Gasteiger partial charge in [-0.05, 0) is 17.7 Å². The molecule has 1 aromatic rings. The van der Waals surface area contributed by atoms with E-state index in [0.717, 1.165) is 5.56 Å². The maximum atomic E-state index is 10.8. The molecule has 0 amide bonds. The third-order valence-electron chi connectivity index (χ3n) is 1.60. The molecule has 7 heteroatoms. The fourth-order valence-electron chi connectivity index (χ4n) is 0.952. The van der Waals surface area contributed by atoms with Crippen molar-refractivity contribution in [1.82, 2.24) is 0 Å². The Bertz CT molecular complexity index is 566. The van der Waals surface area contributed by atoms with Crippen LogP contribution < -0.4 is 0 Å². The molecule has 1 aromatic carbocycles. The van der Waals surface area contributed by atoms with E-state index in [1.807, 2.05) is 30.3 Å². The summed E-state index contributed by atoms with van der Waals surface area (Å²) in [4.78, 5) is 2.13. The number of hydrogen-bond acceptors (Lipinski definition) is 3. The molecule has 0 atom stereocenters. The number of rotatable bonds is 4. The van der Waals surface area contributed by atoms with Crippen LogP contribution >= 0.6 is 0 Å². The zero-order chi connectivity index (χ0) is 12.6. The molecular weight excluding hydrogens is 242 g/mol. The molecule has 1 rings (SSSR count). The van der Waals surface area contributed by atoms with Crippen LogP contribution in [0.4, 0.5) is 0 Å². The molecule has 0 aliphatic carbocycles. The van der Waals surface area contributed by atoms with Crippen LogP contribution in [-0.2, 0) is 14.5 Å². The Morgan fingerprint density at radius 2 is 2.06 bits per heavy atom. The Balaban J connectivity index is 2.40. The lowest BCUT2D eigenvalue weighted by Gasteiger charge is -1.94. The lowest BCUT2D eigenvalue weighted by atomic mass is 10.2. The fourth-order valence-corrected chi connectivity index (χ4v) is 1.38. The third-order valence-corrected chi connectivity index (χ3v) is 2.34. The molecule has 0 bridgehead atoms. The summed E-state index contributed by atoms with van der Waals surface area (Å²) in [7, 11) is -4.14. The molecule has 0 saturated carbocycles. The standard InChI is InChI=1S/C10H9N3O3S/c11-12-13-17(14,15)16-9-5-4-8-10-6-2-1-3-7-10/h1-3,6-7H,5,9H2. The lowest BCUT2D eigenvalue weighted by molar-refractivity contribution is 0.327. The van der Waals surface area contributed by atoms with E-state index in [4.69, 9.17) is 5.53 Å². The van der Waals surface area contributed by atoms with Gasteiger partial charge in [-0.3, -0.25) is 4.18 Å². The summed E-state index contributed by atoms with van der Waals surface area (Å²) in [5.41, 5.74) is 8.76. The van der Waals surface area contributed by atoms with Crippen LogP contribution in [0.2, 0.25) is 0 Å². The van der Waals surface area contributed by atoms with E-state index in [9.17, 15) is 8.42 Å². The molecule has 0 fully saturated rings. The van der Waals surface area contributed by atoms with E-state index >= 15 is 0 Å². The van der Waals surface area contributed by atoms with Crippen LogP contribution in [0.1, 0.15) is 12.0 Å². The minimum atomic E-state index is -4.14. The largest absolute Gasteiger partial charge is 0.358 e. The highest BCUT2D eigenvalue weighted by Crippen LogP contribution is 1.97. The van der Waals surface area contributed by atoms with Gasteiger partial charge in [-0.2, -0.15) is 8.42 Å². The molecule has 0 aliphatic rings. The van der Waals surface area contributed by atoms with E-state index in [1.165, 1.54) is 0 Å². The molecule has 0 aliphatic heterocycles. The predicted molar refractivity (Wildman–Crippen MR) is 62.0 cm³/mol. The molecular formula is C10H9N3O3S. The molecule has 0 N–H and O–H groups in total. The molecule has 0 spiro atoms. The minimum Gasteiger partial charge on any atom is -0.263 e. The van der Waals surface area contributed by atoms with Crippen molar-refractivity contribution in [2.45, 2.75) is 6.42 Å². The lowest BCUT2D eigenvalue weighted by Crippen LogP contribution is -2.01. The first-order valence-electron chi connectivity index (χ1n) is 4.64. The molecule has 0 heterocycles. The Labute approximate surface area is 99.1 Å². The van der Waals surface area contributed by atoms with Gasteiger partial charge in [-0.1, -0.05) is 30.0 Å². The molecule has 0 unspecified atom stereocenters. The van der Waals surface area contributed by atoms with Gasteiger partial charge in [0.15, 0.2) is 0 Å². The van der Waals surface area contributed by atoms with Gasteiger partial charge in [0.1, 0.15) is 0 Å². The molecule has 0 saturated heterocycles. The van der Waals surface area contributed by atoms with Crippen molar-refractivity contribution in [3.63, 3.8) is 0 Å². The maximum Gasteiger partial charge on any atom is 0.358 e. The topological polar surface area (TPSA) is 92.1 Å². The van der Waals surface area contributed by atoms with E-state index < -0.39 is 10.3 Å². The second-order valence-corrected chi connectivity index (χ2v) is 4.09. The Kier molecular flexibility index (Phi) is 5.04. The number of hydrogen-bond donors (Lipinski definition) is 0.